The number of benzene rings is 1. The van der Waals surface area contributed by atoms with Crippen molar-refractivity contribution >= 4 is 16.8 Å². The third-order valence-electron chi connectivity index (χ3n) is 3.49. The van der Waals surface area contributed by atoms with Crippen molar-refractivity contribution < 1.29 is 18.0 Å². The van der Waals surface area contributed by atoms with Crippen molar-refractivity contribution in [3.63, 3.8) is 0 Å². The van der Waals surface area contributed by atoms with E-state index in [1.807, 2.05) is 13.8 Å². The minimum absolute atomic E-state index is 0.0154. The third-order valence-corrected chi connectivity index (χ3v) is 3.49. The number of aryl methyl sites for hydroxylation is 2. The number of hydrogen-bond acceptors (Lipinski definition) is 1. The summed E-state index contributed by atoms with van der Waals surface area (Å²) in [4.78, 5) is 15.1. The second-order valence-corrected chi connectivity index (χ2v) is 5.11. The Kier molecular flexibility index (Phi) is 4.25. The van der Waals surface area contributed by atoms with E-state index in [0.717, 1.165) is 22.2 Å². The molecule has 0 radical (unpaired) electrons. The van der Waals surface area contributed by atoms with Gasteiger partial charge >= 0.3 is 6.18 Å². The van der Waals surface area contributed by atoms with Crippen molar-refractivity contribution in [1.82, 2.24) is 10.3 Å². The van der Waals surface area contributed by atoms with E-state index in [1.54, 1.807) is 18.2 Å². The number of hydrogen-bond donors (Lipinski definition) is 2. The van der Waals surface area contributed by atoms with E-state index in [9.17, 15) is 18.0 Å². The molecule has 1 aromatic heterocycles. The first-order valence-electron chi connectivity index (χ1n) is 6.72. The fourth-order valence-corrected chi connectivity index (χ4v) is 2.20. The van der Waals surface area contributed by atoms with E-state index in [0.29, 0.717) is 5.56 Å². The molecule has 114 valence electrons. The number of aromatic nitrogens is 1. The number of carbonyl (C=O) groups is 1. The molecule has 0 unspecified atom stereocenters. The third kappa shape index (κ3) is 3.77. The van der Waals surface area contributed by atoms with Crippen LogP contribution < -0.4 is 5.32 Å². The summed E-state index contributed by atoms with van der Waals surface area (Å²) in [5.74, 6) is -0.350. The van der Waals surface area contributed by atoms with Crippen LogP contribution in [-0.2, 0) is 0 Å². The highest BCUT2D eigenvalue weighted by atomic mass is 19.4. The highest BCUT2D eigenvalue weighted by molar-refractivity contribution is 5.99. The minimum atomic E-state index is -4.18. The molecule has 0 bridgehead atoms. The van der Waals surface area contributed by atoms with E-state index in [-0.39, 0.29) is 18.9 Å². The van der Waals surface area contributed by atoms with Crippen LogP contribution in [0.4, 0.5) is 13.2 Å². The SMILES string of the molecule is Cc1[nH]c2ccc(C(=O)NCCCC(F)(F)F)cc2c1C. The zero-order valence-corrected chi connectivity index (χ0v) is 11.9. The summed E-state index contributed by atoms with van der Waals surface area (Å²) in [6, 6.07) is 5.23. The summed E-state index contributed by atoms with van der Waals surface area (Å²) in [5, 5.41) is 3.47. The molecule has 1 amide bonds. The first-order valence-corrected chi connectivity index (χ1v) is 6.72. The van der Waals surface area contributed by atoms with Crippen LogP contribution in [0.25, 0.3) is 10.9 Å². The first kappa shape index (κ1) is 15.4. The van der Waals surface area contributed by atoms with Gasteiger partial charge in [-0.25, -0.2) is 0 Å². The number of halogens is 3. The Balaban J connectivity index is 2.01. The molecule has 2 N–H and O–H groups in total. The molecule has 0 aliphatic heterocycles. The van der Waals surface area contributed by atoms with E-state index in [2.05, 4.69) is 10.3 Å². The Hall–Kier alpha value is -1.98. The van der Waals surface area contributed by atoms with Gasteiger partial charge in [0.15, 0.2) is 0 Å². The number of H-pyrrole nitrogens is 1. The maximum Gasteiger partial charge on any atom is 0.389 e. The topological polar surface area (TPSA) is 44.9 Å². The largest absolute Gasteiger partial charge is 0.389 e. The molecule has 0 aliphatic rings. The van der Waals surface area contributed by atoms with E-state index < -0.39 is 12.6 Å². The fourth-order valence-electron chi connectivity index (χ4n) is 2.20. The number of carbonyl (C=O) groups excluding carboxylic acids is 1. The van der Waals surface area contributed by atoms with Crippen molar-refractivity contribution in [3.05, 3.63) is 35.0 Å². The minimum Gasteiger partial charge on any atom is -0.358 e. The van der Waals surface area contributed by atoms with Gasteiger partial charge in [-0.05, 0) is 44.0 Å². The Morgan fingerprint density at radius 1 is 1.29 bits per heavy atom. The van der Waals surface area contributed by atoms with Crippen LogP contribution >= 0.6 is 0 Å². The number of aromatic amines is 1. The van der Waals surface area contributed by atoms with Gasteiger partial charge in [0, 0.05) is 35.1 Å². The summed E-state index contributed by atoms with van der Waals surface area (Å²) in [5.41, 5.74) is 3.50. The van der Waals surface area contributed by atoms with Gasteiger partial charge in [0.1, 0.15) is 0 Å². The van der Waals surface area contributed by atoms with Crippen LogP contribution in [-0.4, -0.2) is 23.6 Å². The predicted molar refractivity (Wildman–Crippen MR) is 75.4 cm³/mol. The molecule has 0 saturated carbocycles. The van der Waals surface area contributed by atoms with Crippen LogP contribution in [0.1, 0.15) is 34.5 Å². The van der Waals surface area contributed by atoms with E-state index in [1.165, 1.54) is 0 Å². The van der Waals surface area contributed by atoms with Crippen LogP contribution in [0.5, 0.6) is 0 Å². The maximum absolute atomic E-state index is 12.0. The highest BCUT2D eigenvalue weighted by Crippen LogP contribution is 2.23. The van der Waals surface area contributed by atoms with Crippen LogP contribution in [0.3, 0.4) is 0 Å². The molecule has 3 nitrogen and oxygen atoms in total. The number of alkyl halides is 3. The molecule has 1 heterocycles. The second kappa shape index (κ2) is 5.79. The monoisotopic (exact) mass is 298 g/mol. The molecule has 2 aromatic rings. The first-order chi connectivity index (χ1) is 9.78. The molecular formula is C15H17F3N2O. The van der Waals surface area contributed by atoms with Gasteiger partial charge < -0.3 is 10.3 Å². The standard InChI is InChI=1S/C15H17F3N2O/c1-9-10(2)20-13-5-4-11(8-12(9)13)14(21)19-7-3-6-15(16,17)18/h4-5,8,20H,3,6-7H2,1-2H3,(H,19,21). The maximum atomic E-state index is 12.0. The van der Waals surface area contributed by atoms with Gasteiger partial charge in [0.2, 0.25) is 0 Å². The zero-order chi connectivity index (χ0) is 15.6. The quantitative estimate of drug-likeness (QED) is 0.827. The Morgan fingerprint density at radius 3 is 2.67 bits per heavy atom. The molecule has 2 rings (SSSR count). The van der Waals surface area contributed by atoms with E-state index in [4.69, 9.17) is 0 Å². The van der Waals surface area contributed by atoms with Gasteiger partial charge in [0.05, 0.1) is 0 Å². The second-order valence-electron chi connectivity index (χ2n) is 5.11. The lowest BCUT2D eigenvalue weighted by Crippen LogP contribution is -2.25. The molecule has 6 heteroatoms. The summed E-state index contributed by atoms with van der Waals surface area (Å²) in [6.45, 7) is 3.92. The van der Waals surface area contributed by atoms with E-state index >= 15 is 0 Å². The van der Waals surface area contributed by atoms with Crippen molar-refractivity contribution in [2.75, 3.05) is 6.54 Å². The summed E-state index contributed by atoms with van der Waals surface area (Å²) < 4.78 is 36.0. The van der Waals surface area contributed by atoms with Crippen LogP contribution in [0.2, 0.25) is 0 Å². The van der Waals surface area contributed by atoms with Crippen molar-refractivity contribution in [3.8, 4) is 0 Å². The van der Waals surface area contributed by atoms with Crippen molar-refractivity contribution in [1.29, 1.82) is 0 Å². The zero-order valence-electron chi connectivity index (χ0n) is 11.9. The molecule has 0 atom stereocenters. The summed E-state index contributed by atoms with van der Waals surface area (Å²) >= 11 is 0. The Labute approximate surface area is 120 Å². The average molecular weight is 298 g/mol. The Bertz CT molecular complexity index is 659. The summed E-state index contributed by atoms with van der Waals surface area (Å²) in [7, 11) is 0. The molecule has 0 fully saturated rings. The smallest absolute Gasteiger partial charge is 0.358 e. The lowest BCUT2D eigenvalue weighted by atomic mass is 10.1. The number of nitrogens with one attached hydrogen (secondary N) is 2. The lowest BCUT2D eigenvalue weighted by Gasteiger charge is -2.07. The van der Waals surface area contributed by atoms with Gasteiger partial charge in [0.25, 0.3) is 5.91 Å². The molecule has 0 aliphatic carbocycles. The number of amides is 1. The fraction of sp³-hybridized carbons (Fsp3) is 0.400. The van der Waals surface area contributed by atoms with Crippen molar-refractivity contribution in [2.24, 2.45) is 0 Å². The van der Waals surface area contributed by atoms with Crippen LogP contribution in [0.15, 0.2) is 18.2 Å². The molecule has 0 spiro atoms. The predicted octanol–water partition coefficient (Wildman–Crippen LogP) is 3.86. The van der Waals surface area contributed by atoms with Gasteiger partial charge in [-0.2, -0.15) is 13.2 Å². The average Bonchev–Trinajstić information content (AvgIpc) is 2.69. The van der Waals surface area contributed by atoms with Gasteiger partial charge in [-0.1, -0.05) is 0 Å². The number of fused-ring (bicyclic) bond motifs is 1. The molecular weight excluding hydrogens is 281 g/mol. The molecule has 1 aromatic carbocycles. The normalized spacial score (nSPS) is 11.9. The van der Waals surface area contributed by atoms with Gasteiger partial charge in [-0.15, -0.1) is 0 Å². The lowest BCUT2D eigenvalue weighted by molar-refractivity contribution is -0.135. The Morgan fingerprint density at radius 2 is 2.00 bits per heavy atom. The van der Waals surface area contributed by atoms with Crippen molar-refractivity contribution in [2.45, 2.75) is 32.9 Å². The highest BCUT2D eigenvalue weighted by Gasteiger charge is 2.26. The summed E-state index contributed by atoms with van der Waals surface area (Å²) in [6.07, 6.45) is -5.17. The molecule has 0 saturated heterocycles. The molecule has 21 heavy (non-hydrogen) atoms. The number of rotatable bonds is 4. The van der Waals surface area contributed by atoms with Crippen LogP contribution in [0, 0.1) is 13.8 Å². The van der Waals surface area contributed by atoms with Gasteiger partial charge in [-0.3, -0.25) is 4.79 Å².